The molecule has 0 radical (unpaired) electrons. The minimum atomic E-state index is 0.456. The van der Waals surface area contributed by atoms with Crippen LogP contribution in [0.1, 0.15) is 0 Å². The first-order chi connectivity index (χ1) is 6.80. The van der Waals surface area contributed by atoms with Crippen LogP contribution in [0.2, 0.25) is 0 Å². The van der Waals surface area contributed by atoms with Crippen molar-refractivity contribution in [1.82, 2.24) is 0 Å². The lowest BCUT2D eigenvalue weighted by Crippen LogP contribution is -1.98. The van der Waals surface area contributed by atoms with E-state index < -0.39 is 0 Å². The number of nitriles is 1. The van der Waals surface area contributed by atoms with Gasteiger partial charge < -0.3 is 4.74 Å². The van der Waals surface area contributed by atoms with E-state index in [4.69, 9.17) is 10.00 Å². The van der Waals surface area contributed by atoms with Crippen LogP contribution in [-0.2, 0) is 4.74 Å². The quantitative estimate of drug-likeness (QED) is 0.629. The van der Waals surface area contributed by atoms with Gasteiger partial charge in [-0.1, -0.05) is 6.58 Å². The highest BCUT2D eigenvalue weighted by atomic mass is 16.5. The molecule has 3 heteroatoms. The summed E-state index contributed by atoms with van der Waals surface area (Å²) in [5.74, 6) is 0.456. The van der Waals surface area contributed by atoms with Crippen molar-refractivity contribution < 1.29 is 4.74 Å². The fourth-order valence-electron chi connectivity index (χ4n) is 0.895. The topological polar surface area (TPSA) is 45.4 Å². The van der Waals surface area contributed by atoms with E-state index in [1.807, 2.05) is 6.07 Å². The zero-order valence-corrected chi connectivity index (χ0v) is 7.90. The molecule has 0 aromatic heterocycles. The molecule has 0 bridgehead atoms. The first-order valence-electron chi connectivity index (χ1n) is 4.05. The fraction of sp³-hybridized carbons (Fsp3) is 0.0909. The zero-order valence-electron chi connectivity index (χ0n) is 7.90. The van der Waals surface area contributed by atoms with Crippen molar-refractivity contribution in [1.29, 1.82) is 5.26 Å². The molecular weight excluding hydrogens is 176 g/mol. The monoisotopic (exact) mass is 186 g/mol. The van der Waals surface area contributed by atoms with Crippen molar-refractivity contribution >= 4 is 5.90 Å². The maximum atomic E-state index is 8.72. The Hall–Kier alpha value is -2.08. The Morgan fingerprint density at radius 3 is 2.86 bits per heavy atom. The van der Waals surface area contributed by atoms with Crippen LogP contribution in [0, 0.1) is 11.3 Å². The average Bonchev–Trinajstić information content (AvgIpc) is 2.19. The summed E-state index contributed by atoms with van der Waals surface area (Å²) in [6.45, 7) is 3.61. The predicted molar refractivity (Wildman–Crippen MR) is 55.6 cm³/mol. The van der Waals surface area contributed by atoms with Gasteiger partial charge in [-0.2, -0.15) is 5.26 Å². The maximum Gasteiger partial charge on any atom is 0.213 e. The van der Waals surface area contributed by atoms with Crippen LogP contribution >= 0.6 is 0 Å². The highest BCUT2D eigenvalue weighted by Crippen LogP contribution is 2.07. The van der Waals surface area contributed by atoms with Gasteiger partial charge in [-0.15, -0.1) is 0 Å². The third kappa shape index (κ3) is 2.46. The Balaban J connectivity index is 3.10. The molecule has 0 fully saturated rings. The summed E-state index contributed by atoms with van der Waals surface area (Å²) in [4.78, 5) is 4.14. The van der Waals surface area contributed by atoms with Gasteiger partial charge in [-0.05, 0) is 24.3 Å². The molecule has 1 aliphatic rings. The smallest absolute Gasteiger partial charge is 0.213 e. The second kappa shape index (κ2) is 4.83. The van der Waals surface area contributed by atoms with Gasteiger partial charge in [0.1, 0.15) is 0 Å². The number of allylic oxidation sites excluding steroid dienone is 5. The van der Waals surface area contributed by atoms with Crippen LogP contribution in [0.5, 0.6) is 0 Å². The van der Waals surface area contributed by atoms with E-state index >= 15 is 0 Å². The normalized spacial score (nSPS) is 28.7. The number of methoxy groups -OCH3 is 1. The third-order valence-corrected chi connectivity index (χ3v) is 1.63. The lowest BCUT2D eigenvalue weighted by molar-refractivity contribution is 0.406. The van der Waals surface area contributed by atoms with Gasteiger partial charge in [0.2, 0.25) is 5.90 Å². The molecule has 0 atom stereocenters. The molecule has 0 spiro atoms. The molecule has 1 heterocycles. The molecule has 1 aliphatic heterocycles. The van der Waals surface area contributed by atoms with Crippen molar-refractivity contribution in [3.8, 4) is 6.07 Å². The van der Waals surface area contributed by atoms with E-state index in [0.717, 1.165) is 0 Å². The second-order valence-corrected chi connectivity index (χ2v) is 2.52. The Morgan fingerprint density at radius 1 is 1.50 bits per heavy atom. The Labute approximate surface area is 83.0 Å². The number of rotatable bonds is 1. The van der Waals surface area contributed by atoms with Crippen molar-refractivity contribution in [2.24, 2.45) is 4.99 Å². The molecule has 0 unspecified atom stereocenters. The van der Waals surface area contributed by atoms with Gasteiger partial charge in [-0.3, -0.25) is 0 Å². The molecule has 0 N–H and O–H groups in total. The molecule has 3 nitrogen and oxygen atoms in total. The van der Waals surface area contributed by atoms with Crippen LogP contribution in [0.4, 0.5) is 0 Å². The molecule has 0 saturated heterocycles. The van der Waals surface area contributed by atoms with Gasteiger partial charge in [0, 0.05) is 6.08 Å². The summed E-state index contributed by atoms with van der Waals surface area (Å²) in [5, 5.41) is 8.72. The predicted octanol–water partition coefficient (Wildman–Crippen LogP) is 2.12. The fourth-order valence-corrected chi connectivity index (χ4v) is 0.895. The molecule has 1 rings (SSSR count). The molecule has 14 heavy (non-hydrogen) atoms. The minimum Gasteiger partial charge on any atom is -0.481 e. The van der Waals surface area contributed by atoms with E-state index in [2.05, 4.69) is 11.6 Å². The summed E-state index contributed by atoms with van der Waals surface area (Å²) in [6.07, 6.45) is 8.30. The van der Waals surface area contributed by atoms with Crippen LogP contribution in [0.3, 0.4) is 0 Å². The average molecular weight is 186 g/mol. The lowest BCUT2D eigenvalue weighted by Gasteiger charge is -2.01. The first kappa shape index (κ1) is 10.0. The van der Waals surface area contributed by atoms with Gasteiger partial charge in [0.05, 0.1) is 24.4 Å². The Kier molecular flexibility index (Phi) is 3.45. The van der Waals surface area contributed by atoms with Crippen molar-refractivity contribution in [2.45, 2.75) is 0 Å². The molecule has 0 aromatic rings. The summed E-state index contributed by atoms with van der Waals surface area (Å²) in [5.41, 5.74) is 1.22. The number of hydrogen-bond donors (Lipinski definition) is 0. The standard InChI is InChI=1S/C11H10N2O/c1-3-10-6-4-9(8-12)5-7-11(13-10)14-2/h3-7H,1H2,2H3/b6-4?,7-5-,9-4+,9-5?,10-6-,11-7?,13-10?,13-11+. The Bertz CT molecular complexity index is 392. The number of ether oxygens (including phenoxy) is 1. The number of nitrogens with zero attached hydrogens (tertiary/aromatic N) is 2. The van der Waals surface area contributed by atoms with Crippen LogP contribution in [0.15, 0.2) is 53.2 Å². The minimum absolute atomic E-state index is 0.456. The van der Waals surface area contributed by atoms with Gasteiger partial charge >= 0.3 is 0 Å². The summed E-state index contributed by atoms with van der Waals surface area (Å²) in [6, 6.07) is 2.05. The van der Waals surface area contributed by atoms with Gasteiger partial charge in [-0.25, -0.2) is 4.99 Å². The molecule has 70 valence electrons. The number of hydrogen-bond acceptors (Lipinski definition) is 3. The van der Waals surface area contributed by atoms with Crippen LogP contribution in [0.25, 0.3) is 0 Å². The summed E-state index contributed by atoms with van der Waals surface area (Å²) in [7, 11) is 1.53. The zero-order chi connectivity index (χ0) is 10.4. The lowest BCUT2D eigenvalue weighted by atomic mass is 10.2. The van der Waals surface area contributed by atoms with E-state index in [0.29, 0.717) is 17.2 Å². The molecule has 0 amide bonds. The van der Waals surface area contributed by atoms with E-state index in [1.54, 1.807) is 30.4 Å². The maximum absolute atomic E-state index is 8.72. The first-order valence-corrected chi connectivity index (χ1v) is 4.05. The van der Waals surface area contributed by atoms with Crippen LogP contribution in [-0.4, -0.2) is 13.0 Å². The number of aliphatic imine (C=N–C) groups is 1. The highest BCUT2D eigenvalue weighted by Gasteiger charge is 1.98. The Morgan fingerprint density at radius 2 is 2.29 bits per heavy atom. The van der Waals surface area contributed by atoms with E-state index in [-0.39, 0.29) is 0 Å². The molecule has 0 saturated carbocycles. The highest BCUT2D eigenvalue weighted by molar-refractivity contribution is 5.89. The SMILES string of the molecule is C=CC1=C/C=C(C#N)\C=C/C(OC)=N\1. The van der Waals surface area contributed by atoms with Gasteiger partial charge in [0.25, 0.3) is 0 Å². The largest absolute Gasteiger partial charge is 0.481 e. The molecule has 0 aliphatic carbocycles. The summed E-state index contributed by atoms with van der Waals surface area (Å²) >= 11 is 0. The van der Waals surface area contributed by atoms with E-state index in [1.165, 1.54) is 7.11 Å². The third-order valence-electron chi connectivity index (χ3n) is 1.63. The van der Waals surface area contributed by atoms with Gasteiger partial charge in [0.15, 0.2) is 0 Å². The second-order valence-electron chi connectivity index (χ2n) is 2.52. The van der Waals surface area contributed by atoms with Crippen molar-refractivity contribution in [3.05, 3.63) is 48.2 Å². The van der Waals surface area contributed by atoms with Crippen molar-refractivity contribution in [3.63, 3.8) is 0 Å². The molecule has 0 aromatic carbocycles. The molecular formula is C11H10N2O. The van der Waals surface area contributed by atoms with Crippen LogP contribution < -0.4 is 0 Å². The summed E-state index contributed by atoms with van der Waals surface area (Å²) < 4.78 is 4.99. The van der Waals surface area contributed by atoms with Crippen molar-refractivity contribution in [2.75, 3.05) is 7.11 Å². The van der Waals surface area contributed by atoms with E-state index in [9.17, 15) is 0 Å².